The summed E-state index contributed by atoms with van der Waals surface area (Å²) >= 11 is 0. The molecule has 6 heterocycles. The molecule has 0 N–H and O–H groups in total. The van der Waals surface area contributed by atoms with Crippen molar-refractivity contribution in [2.45, 2.75) is 88.9 Å². The minimum absolute atomic E-state index is 0.199. The van der Waals surface area contributed by atoms with E-state index in [4.69, 9.17) is 9.97 Å². The van der Waals surface area contributed by atoms with Gasteiger partial charge in [0, 0.05) is 58.8 Å². The summed E-state index contributed by atoms with van der Waals surface area (Å²) < 4.78 is 4.65. The smallest absolute Gasteiger partial charge is 0.327 e. The minimum Gasteiger partial charge on any atom is -0.344 e. The third-order valence-electron chi connectivity index (χ3n) is 15.2. The third-order valence-corrected chi connectivity index (χ3v) is 15.2. The number of nitrogens with zero attached hydrogens (tertiary/aromatic N) is 6. The Morgan fingerprint density at radius 1 is 0.453 bits per heavy atom. The molecule has 6 nitrogen and oxygen atoms in total. The molecule has 0 amide bonds. The Balaban J connectivity index is 1.02. The zero-order valence-electron chi connectivity index (χ0n) is 38.9. The van der Waals surface area contributed by atoms with Gasteiger partial charge in [-0.05, 0) is 136 Å². The van der Waals surface area contributed by atoms with Gasteiger partial charge in [-0.3, -0.25) is 0 Å². The van der Waals surface area contributed by atoms with Crippen LogP contribution in [0.1, 0.15) is 87.8 Å². The molecule has 64 heavy (non-hydrogen) atoms. The molecule has 4 aliphatic heterocycles. The van der Waals surface area contributed by atoms with E-state index in [1.54, 1.807) is 0 Å². The maximum absolute atomic E-state index is 4.88. The highest BCUT2D eigenvalue weighted by Crippen LogP contribution is 2.53. The molecule has 4 aromatic carbocycles. The second-order valence-corrected chi connectivity index (χ2v) is 20.0. The SMILES string of the molecule is C[N+]1=C(C=C2N(CCCCN3C(=CC4=[N+](C)c5ncccc5C4(C)C)C(C)(Cc4ccccc4)c4ccccc43)c3ccccc3C2(C)Cc2ccccc2)C(C)(C)c2cccnc21. The lowest BCUT2D eigenvalue weighted by atomic mass is 9.74. The molecule has 0 aliphatic carbocycles. The summed E-state index contributed by atoms with van der Waals surface area (Å²) in [4.78, 5) is 15.1. The summed E-state index contributed by atoms with van der Waals surface area (Å²) in [6.07, 6.45) is 12.8. The normalized spacial score (nSPS) is 22.7. The monoisotopic (exact) mass is 843 g/mol. The van der Waals surface area contributed by atoms with Gasteiger partial charge in [0.2, 0.25) is 0 Å². The molecule has 2 unspecified atom stereocenters. The third kappa shape index (κ3) is 6.59. The van der Waals surface area contributed by atoms with Crippen LogP contribution in [0.2, 0.25) is 0 Å². The van der Waals surface area contributed by atoms with Crippen LogP contribution >= 0.6 is 0 Å². The van der Waals surface area contributed by atoms with E-state index >= 15 is 0 Å². The maximum Gasteiger partial charge on any atom is 0.327 e. The van der Waals surface area contributed by atoms with Crippen molar-refractivity contribution < 1.29 is 9.15 Å². The highest BCUT2D eigenvalue weighted by Gasteiger charge is 2.50. The van der Waals surface area contributed by atoms with Crippen LogP contribution in [0.3, 0.4) is 0 Å². The van der Waals surface area contributed by atoms with Crippen molar-refractivity contribution in [2.24, 2.45) is 0 Å². The Labute approximate surface area is 380 Å². The molecule has 2 atom stereocenters. The van der Waals surface area contributed by atoms with Crippen LogP contribution < -0.4 is 9.80 Å². The van der Waals surface area contributed by atoms with Gasteiger partial charge >= 0.3 is 11.6 Å². The molecule has 10 rings (SSSR count). The number of allylic oxidation sites excluding steroid dienone is 4. The lowest BCUT2D eigenvalue weighted by Crippen LogP contribution is -2.36. The van der Waals surface area contributed by atoms with Crippen molar-refractivity contribution >= 4 is 34.4 Å². The Morgan fingerprint density at radius 2 is 0.812 bits per heavy atom. The van der Waals surface area contributed by atoms with Crippen molar-refractivity contribution in [2.75, 3.05) is 37.0 Å². The second kappa shape index (κ2) is 15.7. The minimum atomic E-state index is -0.239. The lowest BCUT2D eigenvalue weighted by molar-refractivity contribution is -0.406. The number of aromatic nitrogens is 2. The average Bonchev–Trinajstić information content (AvgIpc) is 3.83. The van der Waals surface area contributed by atoms with Crippen molar-refractivity contribution in [1.82, 2.24) is 9.97 Å². The summed E-state index contributed by atoms with van der Waals surface area (Å²) in [7, 11) is 4.38. The van der Waals surface area contributed by atoms with E-state index in [2.05, 4.69) is 220 Å². The van der Waals surface area contributed by atoms with E-state index < -0.39 is 0 Å². The molecule has 0 saturated heterocycles. The van der Waals surface area contributed by atoms with E-state index in [0.29, 0.717) is 0 Å². The van der Waals surface area contributed by atoms with Crippen molar-refractivity contribution in [3.8, 4) is 0 Å². The Bertz CT molecular complexity index is 2700. The van der Waals surface area contributed by atoms with Crippen molar-refractivity contribution in [3.63, 3.8) is 0 Å². The first-order valence-electron chi connectivity index (χ1n) is 23.2. The Morgan fingerprint density at radius 3 is 1.20 bits per heavy atom. The van der Waals surface area contributed by atoms with Gasteiger partial charge in [0.15, 0.2) is 0 Å². The fourth-order valence-electron chi connectivity index (χ4n) is 11.8. The molecular weight excluding hydrogens is 781 g/mol. The molecule has 6 aromatic rings. The first kappa shape index (κ1) is 41.6. The largest absolute Gasteiger partial charge is 0.344 e. The number of hydrogen-bond donors (Lipinski definition) is 0. The number of unbranched alkanes of at least 4 members (excludes halogenated alkanes) is 1. The number of anilines is 2. The first-order chi connectivity index (χ1) is 30.8. The average molecular weight is 843 g/mol. The van der Waals surface area contributed by atoms with E-state index in [9.17, 15) is 0 Å². The number of pyridine rings is 2. The molecular formula is C58H62N6+2. The molecule has 2 aromatic heterocycles. The standard InChI is InChI=1S/C58H62N6/c1-55(2)45-29-21-33-59-53(45)61(7)49(55)37-51-57(5,39-41-23-11-9-12-24-41)43-27-15-17-31-47(43)63(51)35-19-20-36-64-48-32-18-16-28-44(48)58(6,40-42-25-13-10-14-26-42)52(64)38-50-56(3,4)46-30-22-34-60-54(46)62(50)8/h9-18,21-34,37-38H,19-20,35-36,39-40H2,1-8H3/q+2. The van der Waals surface area contributed by atoms with E-state index in [0.717, 1.165) is 50.4 Å². The number of benzene rings is 4. The van der Waals surface area contributed by atoms with Crippen molar-refractivity contribution in [1.29, 1.82) is 0 Å². The lowest BCUT2D eigenvalue weighted by Gasteiger charge is -2.33. The van der Waals surface area contributed by atoms with Crippen LogP contribution in [-0.4, -0.2) is 57.7 Å². The van der Waals surface area contributed by atoms with E-state index in [1.165, 1.54) is 67.6 Å². The van der Waals surface area contributed by atoms with Gasteiger partial charge in [-0.2, -0.15) is 0 Å². The highest BCUT2D eigenvalue weighted by molar-refractivity contribution is 6.05. The predicted octanol–water partition coefficient (Wildman–Crippen LogP) is 11.8. The molecule has 322 valence electrons. The van der Waals surface area contributed by atoms with E-state index in [-0.39, 0.29) is 21.7 Å². The van der Waals surface area contributed by atoms with Crippen LogP contribution in [0, 0.1) is 0 Å². The van der Waals surface area contributed by atoms with Gasteiger partial charge in [-0.15, -0.1) is 0 Å². The number of hydrogen-bond acceptors (Lipinski definition) is 4. The first-order valence-corrected chi connectivity index (χ1v) is 23.2. The second-order valence-electron chi connectivity index (χ2n) is 20.0. The Hall–Kier alpha value is -6.40. The van der Waals surface area contributed by atoms with Gasteiger partial charge in [0.1, 0.15) is 23.8 Å². The molecule has 6 heteroatoms. The zero-order valence-corrected chi connectivity index (χ0v) is 38.9. The quantitative estimate of drug-likeness (QED) is 0.0962. The van der Waals surface area contributed by atoms with Crippen LogP contribution in [0.4, 0.5) is 23.0 Å². The van der Waals surface area contributed by atoms with E-state index in [1.807, 2.05) is 12.4 Å². The van der Waals surface area contributed by atoms with Crippen LogP contribution in [0.25, 0.3) is 0 Å². The highest BCUT2D eigenvalue weighted by atomic mass is 15.2. The maximum atomic E-state index is 4.88. The molecule has 0 fully saturated rings. The van der Waals surface area contributed by atoms with Crippen LogP contribution in [-0.2, 0) is 34.5 Å². The predicted molar refractivity (Wildman–Crippen MR) is 264 cm³/mol. The van der Waals surface area contributed by atoms with Crippen LogP contribution in [0.15, 0.2) is 169 Å². The topological polar surface area (TPSA) is 38.3 Å². The van der Waals surface area contributed by atoms with Gasteiger partial charge < -0.3 is 9.80 Å². The molecule has 4 aliphatic rings. The zero-order chi connectivity index (χ0) is 44.4. The van der Waals surface area contributed by atoms with Gasteiger partial charge in [0.25, 0.3) is 0 Å². The molecule has 0 radical (unpaired) electrons. The van der Waals surface area contributed by atoms with Crippen molar-refractivity contribution in [3.05, 3.63) is 203 Å². The summed E-state index contributed by atoms with van der Waals surface area (Å²) in [5.41, 5.74) is 15.1. The number of rotatable bonds is 11. The van der Waals surface area contributed by atoms with Gasteiger partial charge in [-0.1, -0.05) is 97.1 Å². The summed E-state index contributed by atoms with van der Waals surface area (Å²) in [5.74, 6) is 2.09. The number of para-hydroxylation sites is 2. The fraction of sp³-hybridized carbons (Fsp3) is 0.310. The van der Waals surface area contributed by atoms with Crippen LogP contribution in [0.5, 0.6) is 0 Å². The number of fused-ring (bicyclic) bond motifs is 4. The Kier molecular flexibility index (Phi) is 10.2. The van der Waals surface area contributed by atoms with Gasteiger partial charge in [0.05, 0.1) is 36.1 Å². The summed E-state index contributed by atoms with van der Waals surface area (Å²) in [5, 5.41) is 0. The fourth-order valence-corrected chi connectivity index (χ4v) is 11.8. The molecule has 0 bridgehead atoms. The van der Waals surface area contributed by atoms with Gasteiger partial charge in [-0.25, -0.2) is 9.15 Å². The molecule has 0 spiro atoms. The molecule has 0 saturated carbocycles. The summed E-state index contributed by atoms with van der Waals surface area (Å²) in [6.45, 7) is 16.2. The summed E-state index contributed by atoms with van der Waals surface area (Å²) in [6, 6.07) is 49.1.